The number of hydrogen-bond donors (Lipinski definition) is 0. The van der Waals surface area contributed by atoms with Crippen molar-refractivity contribution < 1.29 is 31.0 Å². The minimum absolute atomic E-state index is 0. The number of rotatable bonds is 0. The quantitative estimate of drug-likeness (QED) is 0.349. The molecule has 1 heterocycles. The van der Waals surface area contributed by atoms with Gasteiger partial charge in [0.2, 0.25) is 0 Å². The van der Waals surface area contributed by atoms with Crippen molar-refractivity contribution in [2.45, 2.75) is 0 Å². The van der Waals surface area contributed by atoms with Crippen LogP contribution in [0.3, 0.4) is 0 Å². The van der Waals surface area contributed by atoms with Crippen molar-refractivity contribution in [3.8, 4) is 0 Å². The van der Waals surface area contributed by atoms with Crippen LogP contribution in [0.5, 0.6) is 0 Å². The summed E-state index contributed by atoms with van der Waals surface area (Å²) in [5.74, 6) is 0. The Kier molecular flexibility index (Phi) is 9.98. The van der Waals surface area contributed by atoms with E-state index >= 15 is 0 Å². The van der Waals surface area contributed by atoms with Crippen LogP contribution in [-0.4, -0.2) is 13.4 Å². The molecule has 0 atom stereocenters. The van der Waals surface area contributed by atoms with E-state index in [0.29, 0.717) is 0 Å². The zero-order chi connectivity index (χ0) is 4.24. The average Bonchev–Trinajstić information content (AvgIpc) is 1.72. The molecule has 0 aromatic carbocycles. The molecule has 3 radical (unpaired) electrons. The second-order valence-corrected chi connectivity index (χ2v) is 1.02. The summed E-state index contributed by atoms with van der Waals surface area (Å²) in [5, 5.41) is 0. The zero-order valence-corrected chi connectivity index (χ0v) is 6.91. The summed E-state index contributed by atoms with van der Waals surface area (Å²) in [5.41, 5.74) is 0. The van der Waals surface area contributed by atoms with Gasteiger partial charge in [0.1, 0.15) is 0 Å². The van der Waals surface area contributed by atoms with Crippen LogP contribution < -0.4 is 29.6 Å². The van der Waals surface area contributed by atoms with Crippen LogP contribution in [-0.2, 0) is 0 Å². The molecule has 8 heavy (non-hydrogen) atoms. The minimum atomic E-state index is 0. The Morgan fingerprint density at radius 1 is 1.00 bits per heavy atom. The van der Waals surface area contributed by atoms with Gasteiger partial charge in [0.15, 0.2) is 0 Å². The molecule has 0 saturated heterocycles. The van der Waals surface area contributed by atoms with Crippen molar-refractivity contribution in [2.75, 3.05) is 0 Å². The van der Waals surface area contributed by atoms with Crippen LogP contribution in [0, 0.1) is 0 Å². The van der Waals surface area contributed by atoms with Crippen molar-refractivity contribution in [1.29, 1.82) is 0 Å². The van der Waals surface area contributed by atoms with Crippen LogP contribution >= 0.6 is 0 Å². The van der Waals surface area contributed by atoms with E-state index in [2.05, 4.69) is 4.98 Å². The molecule has 0 bridgehead atoms. The number of hydrogen-bond acceptors (Lipinski definition) is 1. The predicted molar refractivity (Wildman–Crippen MR) is 31.1 cm³/mol. The second-order valence-electron chi connectivity index (χ2n) is 1.02. The van der Waals surface area contributed by atoms with Gasteiger partial charge in [-0.1, -0.05) is 6.07 Å². The van der Waals surface area contributed by atoms with E-state index in [-0.39, 0.29) is 39.4 Å². The summed E-state index contributed by atoms with van der Waals surface area (Å²) >= 11 is 0. The van der Waals surface area contributed by atoms with Crippen LogP contribution in [0.4, 0.5) is 0 Å². The monoisotopic (exact) mass is 114 g/mol. The molecule has 0 aliphatic rings. The molecule has 0 unspecified atom stereocenters. The Morgan fingerprint density at radius 2 is 1.50 bits per heavy atom. The van der Waals surface area contributed by atoms with Gasteiger partial charge in [0.05, 0.1) is 0 Å². The van der Waals surface area contributed by atoms with Gasteiger partial charge in [-0.3, -0.25) is 4.98 Å². The van der Waals surface area contributed by atoms with E-state index in [9.17, 15) is 0 Å². The molecule has 0 aliphatic carbocycles. The summed E-state index contributed by atoms with van der Waals surface area (Å²) < 4.78 is 0. The molecule has 0 fully saturated rings. The van der Waals surface area contributed by atoms with Gasteiger partial charge in [-0.15, -0.1) is 0 Å². The Bertz CT molecular complexity index is 88.9. The average molecular weight is 114 g/mol. The van der Waals surface area contributed by atoms with Gasteiger partial charge < -0.3 is 1.43 Å². The van der Waals surface area contributed by atoms with E-state index in [0.717, 1.165) is 0 Å². The largest absolute Gasteiger partial charge is 1.00 e. The van der Waals surface area contributed by atoms with Gasteiger partial charge >= 0.3 is 29.6 Å². The van der Waals surface area contributed by atoms with Crippen LogP contribution in [0.2, 0.25) is 0 Å². The van der Waals surface area contributed by atoms with Gasteiger partial charge in [0.25, 0.3) is 0 Å². The van der Waals surface area contributed by atoms with Crippen LogP contribution in [0.25, 0.3) is 0 Å². The summed E-state index contributed by atoms with van der Waals surface area (Å²) in [4.78, 5) is 3.78. The zero-order valence-electron chi connectivity index (χ0n) is 5.91. The predicted octanol–water partition coefficient (Wildman–Crippen LogP) is -2.18. The van der Waals surface area contributed by atoms with Gasteiger partial charge in [-0.05, 0) is 12.1 Å². The first-order chi connectivity index (χ1) is 3.00. The number of nitrogens with zero attached hydrogens (tertiary/aromatic N) is 1. The third-order valence-corrected chi connectivity index (χ3v) is 0.566. The topological polar surface area (TPSA) is 12.9 Å². The SMILES string of the molecule is [B].[H-].[Na+].c1ccncc1. The maximum Gasteiger partial charge on any atom is 1.00 e. The van der Waals surface area contributed by atoms with Crippen molar-refractivity contribution in [3.63, 3.8) is 0 Å². The van der Waals surface area contributed by atoms with E-state index in [1.165, 1.54) is 0 Å². The Balaban J connectivity index is -0.000000120. The normalized spacial score (nSPS) is 6.00. The smallest absolute Gasteiger partial charge is 1.00 e. The fraction of sp³-hybridized carbons (Fsp3) is 0. The Morgan fingerprint density at radius 3 is 1.62 bits per heavy atom. The fourth-order valence-electron chi connectivity index (χ4n) is 0.313. The molecule has 35 valence electrons. The van der Waals surface area contributed by atoms with Gasteiger partial charge in [-0.2, -0.15) is 0 Å². The summed E-state index contributed by atoms with van der Waals surface area (Å²) in [6.45, 7) is 0. The molecular formula is C5H6BNNa. The molecule has 1 rings (SSSR count). The van der Waals surface area contributed by atoms with E-state index in [1.807, 2.05) is 18.2 Å². The number of pyridine rings is 1. The molecule has 0 aliphatic heterocycles. The molecule has 3 heteroatoms. The fourth-order valence-corrected chi connectivity index (χ4v) is 0.313. The van der Waals surface area contributed by atoms with E-state index < -0.39 is 0 Å². The van der Waals surface area contributed by atoms with Gasteiger partial charge in [-0.25, -0.2) is 0 Å². The Labute approximate surface area is 74.9 Å². The molecule has 1 aromatic rings. The third-order valence-electron chi connectivity index (χ3n) is 0.566. The van der Waals surface area contributed by atoms with E-state index in [4.69, 9.17) is 0 Å². The summed E-state index contributed by atoms with van der Waals surface area (Å²) in [6, 6.07) is 5.72. The first kappa shape index (κ1) is 11.1. The minimum Gasteiger partial charge on any atom is -1.00 e. The molecule has 1 nitrogen and oxygen atoms in total. The van der Waals surface area contributed by atoms with Crippen LogP contribution in [0.15, 0.2) is 30.6 Å². The van der Waals surface area contributed by atoms with Crippen molar-refractivity contribution >= 4 is 8.41 Å². The molecular weight excluding hydrogens is 108 g/mol. The van der Waals surface area contributed by atoms with Crippen molar-refractivity contribution in [1.82, 2.24) is 4.98 Å². The molecule has 0 spiro atoms. The third kappa shape index (κ3) is 4.38. The molecule has 1 aromatic heterocycles. The van der Waals surface area contributed by atoms with E-state index in [1.54, 1.807) is 12.4 Å². The van der Waals surface area contributed by atoms with Crippen molar-refractivity contribution in [3.05, 3.63) is 30.6 Å². The van der Waals surface area contributed by atoms with Crippen LogP contribution in [0.1, 0.15) is 1.43 Å². The molecule has 0 N–H and O–H groups in total. The van der Waals surface area contributed by atoms with Gasteiger partial charge in [0, 0.05) is 20.8 Å². The summed E-state index contributed by atoms with van der Waals surface area (Å²) in [6.07, 6.45) is 3.50. The molecule has 0 amide bonds. The summed E-state index contributed by atoms with van der Waals surface area (Å²) in [7, 11) is 0. The number of aromatic nitrogens is 1. The maximum absolute atomic E-state index is 3.78. The molecule has 0 saturated carbocycles. The Hall–Kier alpha value is 0.215. The first-order valence-electron chi connectivity index (χ1n) is 1.85. The van der Waals surface area contributed by atoms with Crippen molar-refractivity contribution in [2.24, 2.45) is 0 Å². The second kappa shape index (κ2) is 7.21. The standard InChI is InChI=1S/C5H5N.B.Na.H/c1-2-4-6-5-3-1;;;/h1-5H;;;/q;;+1;-1. The maximum atomic E-state index is 3.78. The first-order valence-corrected chi connectivity index (χ1v) is 1.85.